The van der Waals surface area contributed by atoms with Crippen molar-refractivity contribution in [1.29, 1.82) is 0 Å². The first-order valence-electron chi connectivity index (χ1n) is 5.57. The van der Waals surface area contributed by atoms with E-state index in [4.69, 9.17) is 0 Å². The standard InChI is InChI=1S/C12H13FN2O/c13-9-2-1-3-10-12(9)14-11(16)7-15(10)6-8-4-5-8/h1-3,8H,4-7H2,(H,14,16). The van der Waals surface area contributed by atoms with Crippen LogP contribution in [0.1, 0.15) is 12.8 Å². The van der Waals surface area contributed by atoms with Gasteiger partial charge in [-0.2, -0.15) is 0 Å². The molecule has 0 radical (unpaired) electrons. The summed E-state index contributed by atoms with van der Waals surface area (Å²) in [5, 5.41) is 2.60. The third-order valence-corrected chi connectivity index (χ3v) is 3.11. The Labute approximate surface area is 93.2 Å². The molecule has 4 heteroatoms. The van der Waals surface area contributed by atoms with Crippen molar-refractivity contribution in [2.24, 2.45) is 5.92 Å². The van der Waals surface area contributed by atoms with Gasteiger partial charge in [-0.25, -0.2) is 4.39 Å². The van der Waals surface area contributed by atoms with Crippen LogP contribution >= 0.6 is 0 Å². The number of hydrogen-bond acceptors (Lipinski definition) is 2. The summed E-state index contributed by atoms with van der Waals surface area (Å²) in [7, 11) is 0. The van der Waals surface area contributed by atoms with Crippen LogP contribution in [0, 0.1) is 11.7 Å². The van der Waals surface area contributed by atoms with Crippen molar-refractivity contribution in [3.05, 3.63) is 24.0 Å². The monoisotopic (exact) mass is 220 g/mol. The van der Waals surface area contributed by atoms with Crippen molar-refractivity contribution in [2.45, 2.75) is 12.8 Å². The van der Waals surface area contributed by atoms with E-state index in [-0.39, 0.29) is 11.7 Å². The Hall–Kier alpha value is -1.58. The zero-order valence-corrected chi connectivity index (χ0v) is 8.87. The van der Waals surface area contributed by atoms with Crippen LogP contribution in [0.15, 0.2) is 18.2 Å². The number of anilines is 2. The predicted octanol–water partition coefficient (Wildman–Crippen LogP) is 1.99. The SMILES string of the molecule is O=C1CN(CC2CC2)c2cccc(F)c2N1. The Morgan fingerprint density at radius 2 is 2.25 bits per heavy atom. The van der Waals surface area contributed by atoms with E-state index < -0.39 is 0 Å². The first-order chi connectivity index (χ1) is 7.74. The Morgan fingerprint density at radius 3 is 3.00 bits per heavy atom. The van der Waals surface area contributed by atoms with Gasteiger partial charge in [0.05, 0.1) is 12.2 Å². The molecule has 1 aliphatic heterocycles. The quantitative estimate of drug-likeness (QED) is 0.826. The van der Waals surface area contributed by atoms with Crippen LogP contribution < -0.4 is 10.2 Å². The number of amides is 1. The predicted molar refractivity (Wildman–Crippen MR) is 60.0 cm³/mol. The van der Waals surface area contributed by atoms with Gasteiger partial charge in [0.2, 0.25) is 5.91 Å². The normalized spacial score (nSPS) is 19.3. The molecule has 1 aromatic rings. The number of rotatable bonds is 2. The van der Waals surface area contributed by atoms with Crippen molar-refractivity contribution in [2.75, 3.05) is 23.3 Å². The van der Waals surface area contributed by atoms with E-state index in [0.29, 0.717) is 18.2 Å². The first-order valence-corrected chi connectivity index (χ1v) is 5.57. The Kier molecular flexibility index (Phi) is 2.09. The zero-order chi connectivity index (χ0) is 11.1. The first kappa shape index (κ1) is 9.63. The van der Waals surface area contributed by atoms with Crippen molar-refractivity contribution in [1.82, 2.24) is 0 Å². The molecule has 1 aliphatic carbocycles. The number of halogens is 1. The fraction of sp³-hybridized carbons (Fsp3) is 0.417. The maximum atomic E-state index is 13.5. The zero-order valence-electron chi connectivity index (χ0n) is 8.87. The van der Waals surface area contributed by atoms with Crippen LogP contribution in [-0.4, -0.2) is 19.0 Å². The number of carbonyl (C=O) groups excluding carboxylic acids is 1. The summed E-state index contributed by atoms with van der Waals surface area (Å²) < 4.78 is 13.5. The van der Waals surface area contributed by atoms with Gasteiger partial charge in [0.1, 0.15) is 11.5 Å². The minimum absolute atomic E-state index is 0.127. The average molecular weight is 220 g/mol. The van der Waals surface area contributed by atoms with Gasteiger partial charge >= 0.3 is 0 Å². The van der Waals surface area contributed by atoms with Crippen LogP contribution in [0.25, 0.3) is 0 Å². The lowest BCUT2D eigenvalue weighted by atomic mass is 10.1. The van der Waals surface area contributed by atoms with E-state index in [9.17, 15) is 9.18 Å². The molecular formula is C12H13FN2O. The summed E-state index contributed by atoms with van der Waals surface area (Å²) in [6.07, 6.45) is 2.45. The summed E-state index contributed by atoms with van der Waals surface area (Å²) in [4.78, 5) is 13.5. The molecule has 84 valence electrons. The number of fused-ring (bicyclic) bond motifs is 1. The van der Waals surface area contributed by atoms with Crippen molar-refractivity contribution >= 4 is 17.3 Å². The van der Waals surface area contributed by atoms with Gasteiger partial charge in [0.25, 0.3) is 0 Å². The fourth-order valence-corrected chi connectivity index (χ4v) is 2.11. The molecule has 0 unspecified atom stereocenters. The maximum Gasteiger partial charge on any atom is 0.244 e. The maximum absolute atomic E-state index is 13.5. The molecule has 3 nitrogen and oxygen atoms in total. The second kappa shape index (κ2) is 3.47. The lowest BCUT2D eigenvalue weighted by molar-refractivity contribution is -0.115. The molecule has 1 amide bonds. The number of carbonyl (C=O) groups is 1. The molecule has 0 bridgehead atoms. The number of nitrogens with one attached hydrogen (secondary N) is 1. The Morgan fingerprint density at radius 1 is 1.44 bits per heavy atom. The lowest BCUT2D eigenvalue weighted by Crippen LogP contribution is -2.39. The van der Waals surface area contributed by atoms with E-state index >= 15 is 0 Å². The molecule has 1 N–H and O–H groups in total. The van der Waals surface area contributed by atoms with E-state index in [0.717, 1.165) is 12.2 Å². The Balaban J connectivity index is 1.96. The molecule has 3 rings (SSSR count). The average Bonchev–Trinajstić information content (AvgIpc) is 3.03. The van der Waals surface area contributed by atoms with Gasteiger partial charge < -0.3 is 10.2 Å². The van der Waals surface area contributed by atoms with Gasteiger partial charge in [0.15, 0.2) is 0 Å². The van der Waals surface area contributed by atoms with E-state index in [1.165, 1.54) is 18.9 Å². The third kappa shape index (κ3) is 1.64. The molecule has 0 spiro atoms. The minimum Gasteiger partial charge on any atom is -0.360 e. The molecule has 0 aromatic heterocycles. The molecule has 1 saturated carbocycles. The summed E-state index contributed by atoms with van der Waals surface area (Å²) in [6.45, 7) is 1.21. The highest BCUT2D eigenvalue weighted by molar-refractivity contribution is 6.01. The minimum atomic E-state index is -0.355. The largest absolute Gasteiger partial charge is 0.360 e. The third-order valence-electron chi connectivity index (χ3n) is 3.11. The van der Waals surface area contributed by atoms with Crippen LogP contribution in [0.3, 0.4) is 0 Å². The number of benzene rings is 1. The van der Waals surface area contributed by atoms with E-state index in [1.807, 2.05) is 11.0 Å². The van der Waals surface area contributed by atoms with Gasteiger partial charge in [-0.3, -0.25) is 4.79 Å². The van der Waals surface area contributed by atoms with Gasteiger partial charge in [0, 0.05) is 6.54 Å². The Bertz CT molecular complexity index is 443. The molecule has 1 fully saturated rings. The number of para-hydroxylation sites is 1. The lowest BCUT2D eigenvalue weighted by Gasteiger charge is -2.31. The molecule has 0 saturated heterocycles. The van der Waals surface area contributed by atoms with Crippen LogP contribution in [0.2, 0.25) is 0 Å². The molecular weight excluding hydrogens is 207 g/mol. The molecule has 2 aliphatic rings. The van der Waals surface area contributed by atoms with Crippen LogP contribution in [0.4, 0.5) is 15.8 Å². The van der Waals surface area contributed by atoms with Crippen LogP contribution in [0.5, 0.6) is 0 Å². The molecule has 16 heavy (non-hydrogen) atoms. The highest BCUT2D eigenvalue weighted by Crippen LogP contribution is 2.36. The van der Waals surface area contributed by atoms with Crippen molar-refractivity contribution in [3.63, 3.8) is 0 Å². The number of nitrogens with zero attached hydrogens (tertiary/aromatic N) is 1. The van der Waals surface area contributed by atoms with Gasteiger partial charge in [-0.15, -0.1) is 0 Å². The van der Waals surface area contributed by atoms with E-state index in [1.54, 1.807) is 6.07 Å². The highest BCUT2D eigenvalue weighted by atomic mass is 19.1. The second-order valence-electron chi connectivity index (χ2n) is 4.51. The summed E-state index contributed by atoms with van der Waals surface area (Å²) in [5.74, 6) is 0.201. The summed E-state index contributed by atoms with van der Waals surface area (Å²) in [5.41, 5.74) is 1.14. The summed E-state index contributed by atoms with van der Waals surface area (Å²) in [6, 6.07) is 4.92. The smallest absolute Gasteiger partial charge is 0.244 e. The number of hydrogen-bond donors (Lipinski definition) is 1. The highest BCUT2D eigenvalue weighted by Gasteiger charge is 2.30. The van der Waals surface area contributed by atoms with Crippen molar-refractivity contribution in [3.8, 4) is 0 Å². The summed E-state index contributed by atoms with van der Waals surface area (Å²) >= 11 is 0. The second-order valence-corrected chi connectivity index (χ2v) is 4.51. The fourth-order valence-electron chi connectivity index (χ4n) is 2.11. The van der Waals surface area contributed by atoms with Crippen molar-refractivity contribution < 1.29 is 9.18 Å². The topological polar surface area (TPSA) is 32.3 Å². The molecule has 1 aromatic carbocycles. The van der Waals surface area contributed by atoms with E-state index in [2.05, 4.69) is 5.32 Å². The molecule has 1 heterocycles. The molecule has 0 atom stereocenters. The van der Waals surface area contributed by atoms with Gasteiger partial charge in [-0.05, 0) is 30.9 Å². The van der Waals surface area contributed by atoms with Gasteiger partial charge in [-0.1, -0.05) is 6.07 Å². The van der Waals surface area contributed by atoms with Crippen LogP contribution in [-0.2, 0) is 4.79 Å².